The molecule has 0 unspecified atom stereocenters. The molecule has 0 saturated carbocycles. The normalized spacial score (nSPS) is 11.6. The lowest BCUT2D eigenvalue weighted by Crippen LogP contribution is -2.12. The minimum atomic E-state index is -3.65. The molecule has 142 valence electrons. The van der Waals surface area contributed by atoms with Crippen LogP contribution in [-0.4, -0.2) is 39.9 Å². The van der Waals surface area contributed by atoms with Crippen LogP contribution in [0.4, 0.5) is 5.82 Å². The lowest BCUT2D eigenvalue weighted by atomic mass is 10.0. The molecule has 0 atom stereocenters. The SMILES string of the molecule is CS(=O)(=O)Nc1nc(-c2ccccc2)c(-c2cc(Cl)c3[nH]ncc3c2)nc1O. The molecular formula is C18H14ClN5O3S. The molecule has 0 fully saturated rings. The number of aromatic hydroxyl groups is 1. The minimum Gasteiger partial charge on any atom is -0.491 e. The Morgan fingerprint density at radius 3 is 2.50 bits per heavy atom. The maximum Gasteiger partial charge on any atom is 0.256 e. The molecule has 10 heteroatoms. The molecule has 0 bridgehead atoms. The van der Waals surface area contributed by atoms with Crippen LogP contribution in [0.3, 0.4) is 0 Å². The van der Waals surface area contributed by atoms with Gasteiger partial charge < -0.3 is 5.11 Å². The van der Waals surface area contributed by atoms with Crippen molar-refractivity contribution in [1.82, 2.24) is 20.2 Å². The van der Waals surface area contributed by atoms with Gasteiger partial charge in [-0.25, -0.2) is 18.4 Å². The van der Waals surface area contributed by atoms with Crippen LogP contribution >= 0.6 is 11.6 Å². The third-order valence-electron chi connectivity index (χ3n) is 3.98. The van der Waals surface area contributed by atoms with Crippen LogP contribution in [0.15, 0.2) is 48.7 Å². The van der Waals surface area contributed by atoms with Crippen molar-refractivity contribution in [3.05, 3.63) is 53.7 Å². The number of sulfonamides is 1. The summed E-state index contributed by atoms with van der Waals surface area (Å²) >= 11 is 6.34. The van der Waals surface area contributed by atoms with Crippen LogP contribution in [0, 0.1) is 0 Å². The molecule has 0 aliphatic heterocycles. The average Bonchev–Trinajstić information content (AvgIpc) is 3.12. The predicted octanol–water partition coefficient (Wildman–Crippen LogP) is 3.42. The molecule has 2 aromatic heterocycles. The summed E-state index contributed by atoms with van der Waals surface area (Å²) in [6, 6.07) is 12.6. The van der Waals surface area contributed by atoms with Gasteiger partial charge in [0.05, 0.1) is 28.7 Å². The van der Waals surface area contributed by atoms with Gasteiger partial charge in [0.1, 0.15) is 5.69 Å². The van der Waals surface area contributed by atoms with E-state index < -0.39 is 15.9 Å². The smallest absolute Gasteiger partial charge is 0.256 e. The quantitative estimate of drug-likeness (QED) is 0.469. The van der Waals surface area contributed by atoms with Crippen molar-refractivity contribution < 1.29 is 13.5 Å². The Morgan fingerprint density at radius 1 is 1.07 bits per heavy atom. The van der Waals surface area contributed by atoms with Crippen molar-refractivity contribution in [2.24, 2.45) is 0 Å². The molecule has 0 aliphatic carbocycles. The Labute approximate surface area is 165 Å². The monoisotopic (exact) mass is 415 g/mol. The van der Waals surface area contributed by atoms with Gasteiger partial charge in [0.2, 0.25) is 15.8 Å². The van der Waals surface area contributed by atoms with Crippen LogP contribution in [-0.2, 0) is 10.0 Å². The minimum absolute atomic E-state index is 0.249. The van der Waals surface area contributed by atoms with Crippen LogP contribution < -0.4 is 4.72 Å². The predicted molar refractivity (Wildman–Crippen MR) is 108 cm³/mol. The van der Waals surface area contributed by atoms with Crippen molar-refractivity contribution in [2.75, 3.05) is 11.0 Å². The zero-order valence-electron chi connectivity index (χ0n) is 14.5. The molecule has 0 amide bonds. The van der Waals surface area contributed by atoms with E-state index in [4.69, 9.17) is 11.6 Å². The fraction of sp³-hybridized carbons (Fsp3) is 0.0556. The number of rotatable bonds is 4. The summed E-state index contributed by atoms with van der Waals surface area (Å²) in [6.07, 6.45) is 2.59. The van der Waals surface area contributed by atoms with E-state index in [0.29, 0.717) is 33.1 Å². The van der Waals surface area contributed by atoms with E-state index in [-0.39, 0.29) is 5.82 Å². The number of anilines is 1. The Bertz CT molecular complexity index is 1290. The van der Waals surface area contributed by atoms with E-state index in [1.807, 2.05) is 36.4 Å². The Kier molecular flexibility index (Phi) is 4.40. The number of aromatic amines is 1. The highest BCUT2D eigenvalue weighted by molar-refractivity contribution is 7.92. The highest BCUT2D eigenvalue weighted by Crippen LogP contribution is 2.36. The van der Waals surface area contributed by atoms with Crippen molar-refractivity contribution >= 4 is 38.3 Å². The number of halogens is 1. The van der Waals surface area contributed by atoms with Crippen molar-refractivity contribution in [2.45, 2.75) is 0 Å². The molecule has 2 aromatic carbocycles. The van der Waals surface area contributed by atoms with Crippen LogP contribution in [0.1, 0.15) is 0 Å². The zero-order chi connectivity index (χ0) is 19.9. The van der Waals surface area contributed by atoms with E-state index in [1.54, 1.807) is 12.3 Å². The lowest BCUT2D eigenvalue weighted by Gasteiger charge is -2.13. The van der Waals surface area contributed by atoms with Gasteiger partial charge in [-0.15, -0.1) is 0 Å². The van der Waals surface area contributed by atoms with Crippen molar-refractivity contribution in [3.8, 4) is 28.4 Å². The summed E-state index contributed by atoms with van der Waals surface area (Å²) in [6.45, 7) is 0. The maximum atomic E-state index is 11.6. The number of aromatic nitrogens is 4. The van der Waals surface area contributed by atoms with Gasteiger partial charge in [0, 0.05) is 16.5 Å². The van der Waals surface area contributed by atoms with Gasteiger partial charge in [-0.05, 0) is 12.1 Å². The second-order valence-corrected chi connectivity index (χ2v) is 8.28. The summed E-state index contributed by atoms with van der Waals surface area (Å²) in [5.41, 5.74) is 2.73. The van der Waals surface area contributed by atoms with Gasteiger partial charge in [0.15, 0.2) is 0 Å². The summed E-state index contributed by atoms with van der Waals surface area (Å²) in [4.78, 5) is 8.55. The second kappa shape index (κ2) is 6.77. The highest BCUT2D eigenvalue weighted by Gasteiger charge is 2.19. The molecule has 0 radical (unpaired) electrons. The van der Waals surface area contributed by atoms with Gasteiger partial charge >= 0.3 is 0 Å². The van der Waals surface area contributed by atoms with Crippen LogP contribution in [0.2, 0.25) is 5.02 Å². The van der Waals surface area contributed by atoms with Crippen LogP contribution in [0.5, 0.6) is 5.88 Å². The van der Waals surface area contributed by atoms with Crippen LogP contribution in [0.25, 0.3) is 33.4 Å². The summed E-state index contributed by atoms with van der Waals surface area (Å²) in [7, 11) is -3.65. The summed E-state index contributed by atoms with van der Waals surface area (Å²) < 4.78 is 25.4. The molecule has 28 heavy (non-hydrogen) atoms. The largest absolute Gasteiger partial charge is 0.491 e. The van der Waals surface area contributed by atoms with Gasteiger partial charge in [-0.1, -0.05) is 41.9 Å². The third-order valence-corrected chi connectivity index (χ3v) is 4.84. The second-order valence-electron chi connectivity index (χ2n) is 6.13. The Morgan fingerprint density at radius 2 is 1.79 bits per heavy atom. The first-order valence-electron chi connectivity index (χ1n) is 8.09. The highest BCUT2D eigenvalue weighted by atomic mass is 35.5. The van der Waals surface area contributed by atoms with E-state index >= 15 is 0 Å². The molecule has 3 N–H and O–H groups in total. The molecule has 0 spiro atoms. The first-order chi connectivity index (χ1) is 13.3. The third kappa shape index (κ3) is 3.49. The van der Waals surface area contributed by atoms with E-state index in [0.717, 1.165) is 11.6 Å². The number of fused-ring (bicyclic) bond motifs is 1. The molecule has 8 nitrogen and oxygen atoms in total. The topological polar surface area (TPSA) is 121 Å². The van der Waals surface area contributed by atoms with E-state index in [9.17, 15) is 13.5 Å². The van der Waals surface area contributed by atoms with E-state index in [2.05, 4.69) is 24.9 Å². The zero-order valence-corrected chi connectivity index (χ0v) is 16.1. The van der Waals surface area contributed by atoms with Crippen molar-refractivity contribution in [3.63, 3.8) is 0 Å². The standard InChI is InChI=1S/C18H14ClN5O3S/c1-28(26,27)24-17-18(25)22-16(15(21-17)10-5-3-2-4-6-10)11-7-12-9-20-23-14(12)13(19)8-11/h2-9H,1H3,(H,20,23)(H,21,24)(H,22,25). The molecule has 0 saturated heterocycles. The number of hydrogen-bond donors (Lipinski definition) is 3. The molecule has 4 aromatic rings. The maximum absolute atomic E-state index is 11.6. The number of nitrogens with zero attached hydrogens (tertiary/aromatic N) is 3. The number of nitrogens with one attached hydrogen (secondary N) is 2. The molecule has 4 rings (SSSR count). The average molecular weight is 416 g/mol. The van der Waals surface area contributed by atoms with E-state index in [1.165, 1.54) is 0 Å². The lowest BCUT2D eigenvalue weighted by molar-refractivity contribution is 0.454. The number of H-pyrrole nitrogens is 1. The summed E-state index contributed by atoms with van der Waals surface area (Å²) in [5.74, 6) is -0.788. The molecule has 2 heterocycles. The van der Waals surface area contributed by atoms with Crippen molar-refractivity contribution in [1.29, 1.82) is 0 Å². The summed E-state index contributed by atoms with van der Waals surface area (Å²) in [5, 5.41) is 18.3. The van der Waals surface area contributed by atoms with Gasteiger partial charge in [-0.2, -0.15) is 5.10 Å². The number of benzene rings is 2. The Hall–Kier alpha value is -3.17. The first-order valence-corrected chi connectivity index (χ1v) is 10.4. The first kappa shape index (κ1) is 18.2. The molecule has 0 aliphatic rings. The van der Waals surface area contributed by atoms with Gasteiger partial charge in [0.25, 0.3) is 5.88 Å². The molecular weight excluding hydrogens is 402 g/mol. The fourth-order valence-electron chi connectivity index (χ4n) is 2.82. The number of hydrogen-bond acceptors (Lipinski definition) is 6. The van der Waals surface area contributed by atoms with Gasteiger partial charge in [-0.3, -0.25) is 9.82 Å². The fourth-order valence-corrected chi connectivity index (χ4v) is 3.58. The Balaban J connectivity index is 1.98.